The van der Waals surface area contributed by atoms with E-state index in [1.54, 1.807) is 6.92 Å². The summed E-state index contributed by atoms with van der Waals surface area (Å²) in [5, 5.41) is 6.30. The fourth-order valence-corrected chi connectivity index (χ4v) is 1.97. The molecule has 0 saturated carbocycles. The van der Waals surface area contributed by atoms with Gasteiger partial charge < -0.3 is 15.5 Å². The molecule has 0 saturated heterocycles. The molecule has 0 spiro atoms. The van der Waals surface area contributed by atoms with Crippen LogP contribution in [0.2, 0.25) is 0 Å². The summed E-state index contributed by atoms with van der Waals surface area (Å²) in [6.07, 6.45) is 0.660. The highest BCUT2D eigenvalue weighted by Gasteiger charge is 2.18. The van der Waals surface area contributed by atoms with Gasteiger partial charge in [0, 0.05) is 25.5 Å². The maximum absolute atomic E-state index is 11.1. The van der Waals surface area contributed by atoms with Crippen LogP contribution in [0.5, 0.6) is 0 Å². The van der Waals surface area contributed by atoms with Crippen LogP contribution in [0.4, 0.5) is 0 Å². The summed E-state index contributed by atoms with van der Waals surface area (Å²) in [5.74, 6) is 0.608. The highest BCUT2D eigenvalue weighted by atomic mass is 35.5. The summed E-state index contributed by atoms with van der Waals surface area (Å²) in [7, 11) is -3.82. The molecule has 0 heterocycles. The quantitative estimate of drug-likeness (QED) is 0.279. The molecule has 6 nitrogen and oxygen atoms in total. The minimum atomic E-state index is -3.82. The van der Waals surface area contributed by atoms with Crippen molar-refractivity contribution in [2.24, 2.45) is 0 Å². The van der Waals surface area contributed by atoms with Crippen molar-refractivity contribution in [3.8, 4) is 0 Å². The first-order chi connectivity index (χ1) is 8.12. The van der Waals surface area contributed by atoms with E-state index in [0.717, 1.165) is 26.2 Å². The van der Waals surface area contributed by atoms with Crippen LogP contribution in [-0.4, -0.2) is 50.2 Å². The average molecular weight is 362 g/mol. The van der Waals surface area contributed by atoms with Gasteiger partial charge in [0.15, 0.2) is 0 Å². The van der Waals surface area contributed by atoms with Crippen LogP contribution in [0.15, 0.2) is 0 Å². The number of alkyl halides is 1. The molecular formula is C9H24Cl3N2O4P. The van der Waals surface area contributed by atoms with Gasteiger partial charge in [-0.3, -0.25) is 9.05 Å². The molecule has 0 rings (SSSR count). The van der Waals surface area contributed by atoms with Crippen molar-refractivity contribution in [3.05, 3.63) is 0 Å². The third-order valence-electron chi connectivity index (χ3n) is 1.79. The molecule has 0 aromatic heterocycles. The van der Waals surface area contributed by atoms with Crippen LogP contribution < -0.4 is 10.6 Å². The molecular weight excluding hydrogens is 337 g/mol. The van der Waals surface area contributed by atoms with E-state index < -0.39 is 7.82 Å². The Morgan fingerprint density at radius 1 is 1.11 bits per heavy atom. The molecule has 120 valence electrons. The second-order valence-corrected chi connectivity index (χ2v) is 5.09. The van der Waals surface area contributed by atoms with Crippen molar-refractivity contribution in [1.29, 1.82) is 0 Å². The lowest BCUT2D eigenvalue weighted by molar-refractivity contribution is 0.154. The topological polar surface area (TPSA) is 79.8 Å². The van der Waals surface area contributed by atoms with E-state index >= 15 is 0 Å². The summed E-state index contributed by atoms with van der Waals surface area (Å²) >= 11 is 5.49. The van der Waals surface area contributed by atoms with Gasteiger partial charge in [-0.25, -0.2) is 4.57 Å². The molecule has 0 aromatic carbocycles. The lowest BCUT2D eigenvalue weighted by Gasteiger charge is -2.10. The van der Waals surface area contributed by atoms with Crippen molar-refractivity contribution in [2.75, 3.05) is 45.3 Å². The molecule has 0 radical (unpaired) electrons. The second-order valence-electron chi connectivity index (χ2n) is 3.26. The highest BCUT2D eigenvalue weighted by Crippen LogP contribution is 2.42. The number of phosphoric acid groups is 1. The molecule has 0 fully saturated rings. The van der Waals surface area contributed by atoms with Gasteiger partial charge in [0.25, 0.3) is 0 Å². The standard InChI is InChI=1S/C9H22ClN2O4P.2ClH/c1-2-15-17(13,14)16-9-3-5-11-7-8-12-6-4-10;;/h11-12H,2-9H2,1H3,(H,13,14);2*1H. The van der Waals surface area contributed by atoms with Crippen LogP contribution in [-0.2, 0) is 13.6 Å². The van der Waals surface area contributed by atoms with Crippen molar-refractivity contribution in [3.63, 3.8) is 0 Å². The molecule has 0 bridgehead atoms. The Labute approximate surface area is 132 Å². The lowest BCUT2D eigenvalue weighted by atomic mass is 10.4. The summed E-state index contributed by atoms with van der Waals surface area (Å²) in [6.45, 7) is 5.23. The molecule has 0 aliphatic rings. The van der Waals surface area contributed by atoms with Gasteiger partial charge in [-0.1, -0.05) is 0 Å². The smallest absolute Gasteiger partial charge is 0.315 e. The highest BCUT2D eigenvalue weighted by molar-refractivity contribution is 7.47. The molecule has 0 amide bonds. The van der Waals surface area contributed by atoms with Crippen molar-refractivity contribution >= 4 is 44.2 Å². The molecule has 1 atom stereocenters. The van der Waals surface area contributed by atoms with Crippen LogP contribution in [0.25, 0.3) is 0 Å². The fraction of sp³-hybridized carbons (Fsp3) is 1.00. The van der Waals surface area contributed by atoms with E-state index in [-0.39, 0.29) is 38.0 Å². The first kappa shape index (κ1) is 24.9. The van der Waals surface area contributed by atoms with Crippen LogP contribution in [0, 0.1) is 0 Å². The Balaban J connectivity index is -0.00000128. The van der Waals surface area contributed by atoms with E-state index in [4.69, 9.17) is 21.0 Å². The monoisotopic (exact) mass is 360 g/mol. The van der Waals surface area contributed by atoms with Crippen LogP contribution >= 0.6 is 44.2 Å². The zero-order chi connectivity index (χ0) is 13.0. The maximum Gasteiger partial charge on any atom is 0.472 e. The molecule has 10 heteroatoms. The van der Waals surface area contributed by atoms with E-state index in [1.165, 1.54) is 0 Å². The van der Waals surface area contributed by atoms with Crippen molar-refractivity contribution < 1.29 is 18.5 Å². The molecule has 19 heavy (non-hydrogen) atoms. The van der Waals surface area contributed by atoms with Crippen molar-refractivity contribution in [1.82, 2.24) is 10.6 Å². The Hall–Kier alpha value is 0.900. The van der Waals surface area contributed by atoms with E-state index in [1.807, 2.05) is 0 Å². The third-order valence-corrected chi connectivity index (χ3v) is 3.08. The normalized spacial score (nSPS) is 13.2. The summed E-state index contributed by atoms with van der Waals surface area (Å²) < 4.78 is 20.4. The fourth-order valence-electron chi connectivity index (χ4n) is 1.07. The summed E-state index contributed by atoms with van der Waals surface area (Å²) in [4.78, 5) is 9.08. The zero-order valence-corrected chi connectivity index (χ0v) is 14.3. The predicted octanol–water partition coefficient (Wildman–Crippen LogP) is 1.79. The predicted molar refractivity (Wildman–Crippen MR) is 83.0 cm³/mol. The number of hydrogen-bond donors (Lipinski definition) is 3. The van der Waals surface area contributed by atoms with Crippen LogP contribution in [0.3, 0.4) is 0 Å². The number of phosphoric ester groups is 1. The van der Waals surface area contributed by atoms with Crippen molar-refractivity contribution in [2.45, 2.75) is 13.3 Å². The van der Waals surface area contributed by atoms with Gasteiger partial charge >= 0.3 is 7.82 Å². The first-order valence-electron chi connectivity index (χ1n) is 5.71. The van der Waals surface area contributed by atoms with Gasteiger partial charge in [-0.15, -0.1) is 36.4 Å². The zero-order valence-electron chi connectivity index (χ0n) is 11.0. The number of halogens is 3. The molecule has 0 aromatic rings. The van der Waals surface area contributed by atoms with Gasteiger partial charge in [-0.05, 0) is 19.9 Å². The van der Waals surface area contributed by atoms with Crippen LogP contribution in [0.1, 0.15) is 13.3 Å². The van der Waals surface area contributed by atoms with E-state index in [2.05, 4.69) is 15.2 Å². The van der Waals surface area contributed by atoms with Gasteiger partial charge in [0.2, 0.25) is 0 Å². The van der Waals surface area contributed by atoms with Gasteiger partial charge in [0.05, 0.1) is 13.2 Å². The Kier molecular flexibility index (Phi) is 22.2. The van der Waals surface area contributed by atoms with Gasteiger partial charge in [0.1, 0.15) is 0 Å². The molecule has 1 unspecified atom stereocenters. The number of rotatable bonds is 12. The third kappa shape index (κ3) is 18.9. The first-order valence-corrected chi connectivity index (χ1v) is 7.74. The summed E-state index contributed by atoms with van der Waals surface area (Å²) in [6, 6.07) is 0. The van der Waals surface area contributed by atoms with E-state index in [9.17, 15) is 4.57 Å². The average Bonchev–Trinajstić information content (AvgIpc) is 2.27. The Bertz CT molecular complexity index is 228. The molecule has 3 N–H and O–H groups in total. The minimum absolute atomic E-state index is 0. The lowest BCUT2D eigenvalue weighted by Crippen LogP contribution is -2.29. The maximum atomic E-state index is 11.1. The number of nitrogens with one attached hydrogen (secondary N) is 2. The van der Waals surface area contributed by atoms with Gasteiger partial charge in [-0.2, -0.15) is 0 Å². The summed E-state index contributed by atoms with van der Waals surface area (Å²) in [5.41, 5.74) is 0. The second kappa shape index (κ2) is 17.0. The minimum Gasteiger partial charge on any atom is -0.315 e. The number of hydrogen-bond acceptors (Lipinski definition) is 5. The molecule has 0 aliphatic carbocycles. The SMILES string of the molecule is CCOP(=O)(O)OCCCNCCNCCCl.Cl.Cl. The molecule has 0 aliphatic heterocycles. The largest absolute Gasteiger partial charge is 0.472 e. The van der Waals surface area contributed by atoms with E-state index in [0.29, 0.717) is 12.3 Å². The Morgan fingerprint density at radius 2 is 1.68 bits per heavy atom. The Morgan fingerprint density at radius 3 is 2.21 bits per heavy atom.